The molecule has 0 N–H and O–H groups in total. The first-order valence-corrected chi connectivity index (χ1v) is 14.8. The fourth-order valence-electron chi connectivity index (χ4n) is 1.97. The van der Waals surface area contributed by atoms with E-state index in [0.29, 0.717) is 0 Å². The molecule has 0 fully saturated rings. The summed E-state index contributed by atoms with van der Waals surface area (Å²) in [6.07, 6.45) is 18.4. The topological polar surface area (TPSA) is 0 Å². The summed E-state index contributed by atoms with van der Waals surface area (Å²) < 4.78 is 5.46. The number of allylic oxidation sites excluding steroid dienone is 8. The summed E-state index contributed by atoms with van der Waals surface area (Å²) in [5.74, 6) is 0. The van der Waals surface area contributed by atoms with Gasteiger partial charge in [0.05, 0.1) is 0 Å². The summed E-state index contributed by atoms with van der Waals surface area (Å²) in [6.45, 7) is 8.55. The molecule has 0 rings (SSSR count). The molecule has 0 radical (unpaired) electrons. The summed E-state index contributed by atoms with van der Waals surface area (Å²) in [4.78, 5) is 0. The predicted octanol–water partition coefficient (Wildman–Crippen LogP) is 5.74. The monoisotopic (exact) mass is 340 g/mol. The Balaban J connectivity index is 4.87. The number of rotatable bonds is 8. The molecule has 0 heterocycles. The maximum atomic E-state index is 2.40. The van der Waals surface area contributed by atoms with Crippen LogP contribution in [0.3, 0.4) is 0 Å². The van der Waals surface area contributed by atoms with Gasteiger partial charge in [0.1, 0.15) is 0 Å². The standard InChI is InChI=1S/4C4H7.Sn/c4*1-3-4-2;/h4*3-4H,1H2,2H3;/b4*4-3+;. The molecular weight excluding hydrogens is 311 g/mol. The summed E-state index contributed by atoms with van der Waals surface area (Å²) in [6, 6.07) is 0. The van der Waals surface area contributed by atoms with E-state index in [1.165, 1.54) is 17.7 Å². The van der Waals surface area contributed by atoms with Gasteiger partial charge in [-0.25, -0.2) is 0 Å². The average Bonchev–Trinajstić information content (AvgIpc) is 2.37. The molecule has 0 aromatic rings. The van der Waals surface area contributed by atoms with E-state index in [1.54, 1.807) is 0 Å². The minimum absolute atomic E-state index is 1.37. The third kappa shape index (κ3) is 7.64. The Morgan fingerprint density at radius 1 is 0.529 bits per heavy atom. The molecule has 1 heteroatoms. The zero-order chi connectivity index (χ0) is 13.0. The van der Waals surface area contributed by atoms with Crippen molar-refractivity contribution in [2.45, 2.75) is 45.4 Å². The van der Waals surface area contributed by atoms with Crippen LogP contribution in [0.1, 0.15) is 27.7 Å². The molecule has 0 nitrogen and oxygen atoms in total. The second-order valence-electron chi connectivity index (χ2n) is 4.59. The molecular formula is C16H28Sn. The zero-order valence-electron chi connectivity index (χ0n) is 11.9. The van der Waals surface area contributed by atoms with Gasteiger partial charge in [-0.05, 0) is 0 Å². The molecule has 0 bridgehead atoms. The van der Waals surface area contributed by atoms with Crippen molar-refractivity contribution in [2.75, 3.05) is 0 Å². The second-order valence-corrected chi connectivity index (χ2v) is 17.8. The zero-order valence-corrected chi connectivity index (χ0v) is 14.8. The fourth-order valence-corrected chi connectivity index (χ4v) is 13.2. The normalized spacial score (nSPS) is 13.9. The van der Waals surface area contributed by atoms with Gasteiger partial charge in [0.2, 0.25) is 0 Å². The third-order valence-electron chi connectivity index (χ3n) is 3.15. The number of hydrogen-bond acceptors (Lipinski definition) is 0. The van der Waals surface area contributed by atoms with Crippen LogP contribution in [0.25, 0.3) is 0 Å². The molecule has 0 aromatic heterocycles. The van der Waals surface area contributed by atoms with Crippen LogP contribution in [0.4, 0.5) is 0 Å². The van der Waals surface area contributed by atoms with Gasteiger partial charge in [0.15, 0.2) is 0 Å². The average molecular weight is 339 g/mol. The van der Waals surface area contributed by atoms with Crippen molar-refractivity contribution >= 4 is 18.4 Å². The molecule has 0 aliphatic rings. The van der Waals surface area contributed by atoms with E-state index >= 15 is 0 Å². The van der Waals surface area contributed by atoms with Gasteiger partial charge in [-0.15, -0.1) is 0 Å². The van der Waals surface area contributed by atoms with Crippen molar-refractivity contribution < 1.29 is 0 Å². The van der Waals surface area contributed by atoms with Crippen LogP contribution in [-0.4, -0.2) is 18.4 Å². The van der Waals surface area contributed by atoms with E-state index in [2.05, 4.69) is 76.3 Å². The summed E-state index contributed by atoms with van der Waals surface area (Å²) in [5, 5.41) is 0. The molecule has 0 aromatic carbocycles. The molecule has 0 aliphatic heterocycles. The van der Waals surface area contributed by atoms with Crippen molar-refractivity contribution in [2.24, 2.45) is 0 Å². The predicted molar refractivity (Wildman–Crippen MR) is 84.2 cm³/mol. The SMILES string of the molecule is C/C=C/[CH2][Sn]([CH2]/C=C/C)([CH2]/C=C/C)[CH2]/C=C/C. The Labute approximate surface area is 112 Å². The summed E-state index contributed by atoms with van der Waals surface area (Å²) in [7, 11) is 0. The van der Waals surface area contributed by atoms with E-state index in [0.717, 1.165) is 0 Å². The van der Waals surface area contributed by atoms with E-state index in [-0.39, 0.29) is 0 Å². The second kappa shape index (κ2) is 10.9. The molecule has 0 saturated carbocycles. The van der Waals surface area contributed by atoms with Crippen molar-refractivity contribution in [1.29, 1.82) is 0 Å². The Hall–Kier alpha value is -0.241. The molecule has 0 amide bonds. The van der Waals surface area contributed by atoms with Gasteiger partial charge in [-0.1, -0.05) is 0 Å². The third-order valence-corrected chi connectivity index (χ3v) is 15.7. The van der Waals surface area contributed by atoms with Gasteiger partial charge in [0, 0.05) is 0 Å². The van der Waals surface area contributed by atoms with Gasteiger partial charge >= 0.3 is 112 Å². The summed E-state index contributed by atoms with van der Waals surface area (Å²) >= 11 is -2.04. The van der Waals surface area contributed by atoms with Gasteiger partial charge in [-0.2, -0.15) is 0 Å². The van der Waals surface area contributed by atoms with Gasteiger partial charge < -0.3 is 0 Å². The molecule has 0 spiro atoms. The maximum absolute atomic E-state index is 2.40. The van der Waals surface area contributed by atoms with Crippen LogP contribution >= 0.6 is 0 Å². The first-order chi connectivity index (χ1) is 8.24. The van der Waals surface area contributed by atoms with E-state index in [1.807, 2.05) is 0 Å². The van der Waals surface area contributed by atoms with E-state index in [9.17, 15) is 0 Å². The van der Waals surface area contributed by atoms with Crippen LogP contribution in [0.5, 0.6) is 0 Å². The van der Waals surface area contributed by atoms with Gasteiger partial charge in [0.25, 0.3) is 0 Å². The van der Waals surface area contributed by atoms with E-state index in [4.69, 9.17) is 0 Å². The van der Waals surface area contributed by atoms with Crippen molar-refractivity contribution in [3.8, 4) is 0 Å². The van der Waals surface area contributed by atoms with Crippen molar-refractivity contribution in [3.05, 3.63) is 48.6 Å². The minimum atomic E-state index is -2.04. The van der Waals surface area contributed by atoms with Crippen LogP contribution in [0.2, 0.25) is 17.7 Å². The van der Waals surface area contributed by atoms with Crippen LogP contribution in [-0.2, 0) is 0 Å². The number of hydrogen-bond donors (Lipinski definition) is 0. The molecule has 0 aliphatic carbocycles. The first kappa shape index (κ1) is 16.8. The molecule has 17 heavy (non-hydrogen) atoms. The molecule has 96 valence electrons. The Kier molecular flexibility index (Phi) is 10.7. The van der Waals surface area contributed by atoms with E-state index < -0.39 is 18.4 Å². The van der Waals surface area contributed by atoms with Crippen molar-refractivity contribution in [3.63, 3.8) is 0 Å². The van der Waals surface area contributed by atoms with Crippen molar-refractivity contribution in [1.82, 2.24) is 0 Å². The van der Waals surface area contributed by atoms with Crippen LogP contribution in [0.15, 0.2) is 48.6 Å². The Bertz CT molecular complexity index is 220. The molecule has 0 atom stereocenters. The van der Waals surface area contributed by atoms with Gasteiger partial charge in [-0.3, -0.25) is 0 Å². The first-order valence-electron chi connectivity index (χ1n) is 6.69. The van der Waals surface area contributed by atoms with Crippen LogP contribution in [0, 0.1) is 0 Å². The quantitative estimate of drug-likeness (QED) is 0.391. The molecule has 0 saturated heterocycles. The fraction of sp³-hybridized carbons (Fsp3) is 0.500. The molecule has 0 unspecified atom stereocenters. The Morgan fingerprint density at radius 3 is 0.941 bits per heavy atom. The summed E-state index contributed by atoms with van der Waals surface area (Å²) in [5.41, 5.74) is 0. The van der Waals surface area contributed by atoms with Crippen LogP contribution < -0.4 is 0 Å². The Morgan fingerprint density at radius 2 is 0.765 bits per heavy atom.